The molecule has 1 atom stereocenters. The molecular formula is C27H36N4. The van der Waals surface area contributed by atoms with Crippen molar-refractivity contribution in [1.82, 2.24) is 15.0 Å². The number of nitrogen functional groups attached to an aromatic ring is 1. The second-order valence-corrected chi connectivity index (χ2v) is 10.3. The zero-order valence-electron chi connectivity index (χ0n) is 19.6. The number of aromatic nitrogens is 3. The fourth-order valence-electron chi connectivity index (χ4n) is 4.20. The van der Waals surface area contributed by atoms with Gasteiger partial charge in [-0.25, -0.2) is 4.98 Å². The molecule has 0 amide bonds. The summed E-state index contributed by atoms with van der Waals surface area (Å²) in [5.74, 6) is 0.568. The summed E-state index contributed by atoms with van der Waals surface area (Å²) in [7, 11) is 0. The van der Waals surface area contributed by atoms with Crippen LogP contribution in [-0.2, 0) is 16.2 Å². The average Bonchev–Trinajstić information content (AvgIpc) is 2.78. The molecule has 0 spiro atoms. The first-order chi connectivity index (χ1) is 14.6. The Morgan fingerprint density at radius 2 is 1.26 bits per heavy atom. The van der Waals surface area contributed by atoms with Crippen LogP contribution in [0.5, 0.6) is 0 Å². The molecular weight excluding hydrogens is 380 g/mol. The standard InChI is InChI=1S/C27H36N4/c1-25(2,22-7-6-16-30-19-22)12-14-27(5,21-10-17-29-18-11-21)15-13-26(3,4)23-8-9-24(28)31-20-23/h6-11,16-20H,12-15H2,1-5H3,(H2,28,31). The van der Waals surface area contributed by atoms with E-state index in [9.17, 15) is 0 Å². The summed E-state index contributed by atoms with van der Waals surface area (Å²) in [6, 6.07) is 12.6. The molecule has 2 N–H and O–H groups in total. The van der Waals surface area contributed by atoms with E-state index < -0.39 is 0 Å². The summed E-state index contributed by atoms with van der Waals surface area (Å²) in [5.41, 5.74) is 9.82. The van der Waals surface area contributed by atoms with E-state index in [1.807, 2.05) is 43.1 Å². The highest BCUT2D eigenvalue weighted by Crippen LogP contribution is 2.41. The van der Waals surface area contributed by atoms with Gasteiger partial charge in [0.05, 0.1) is 0 Å². The van der Waals surface area contributed by atoms with Gasteiger partial charge < -0.3 is 5.73 Å². The van der Waals surface area contributed by atoms with Crippen molar-refractivity contribution >= 4 is 5.82 Å². The third kappa shape index (κ3) is 5.69. The number of nitrogens with zero attached hydrogens (tertiary/aromatic N) is 3. The van der Waals surface area contributed by atoms with Crippen molar-refractivity contribution in [2.24, 2.45) is 0 Å². The molecule has 0 saturated heterocycles. The Balaban J connectivity index is 1.80. The lowest BCUT2D eigenvalue weighted by molar-refractivity contribution is 0.301. The summed E-state index contributed by atoms with van der Waals surface area (Å²) in [6.45, 7) is 11.6. The molecule has 3 rings (SSSR count). The lowest BCUT2D eigenvalue weighted by Gasteiger charge is -2.37. The van der Waals surface area contributed by atoms with Gasteiger partial charge in [-0.15, -0.1) is 0 Å². The molecule has 0 aliphatic carbocycles. The molecule has 4 nitrogen and oxygen atoms in total. The van der Waals surface area contributed by atoms with Gasteiger partial charge in [0.1, 0.15) is 5.82 Å². The van der Waals surface area contributed by atoms with Crippen LogP contribution >= 0.6 is 0 Å². The van der Waals surface area contributed by atoms with Crippen LogP contribution in [0.25, 0.3) is 0 Å². The molecule has 3 aromatic rings. The fourth-order valence-corrected chi connectivity index (χ4v) is 4.20. The highest BCUT2D eigenvalue weighted by Gasteiger charge is 2.33. The first-order valence-electron chi connectivity index (χ1n) is 11.2. The Hall–Kier alpha value is -2.75. The number of rotatable bonds is 9. The Kier molecular flexibility index (Phi) is 6.78. The minimum atomic E-state index is 0.0217. The average molecular weight is 417 g/mol. The third-order valence-electron chi connectivity index (χ3n) is 6.99. The van der Waals surface area contributed by atoms with E-state index in [-0.39, 0.29) is 16.2 Å². The predicted octanol–water partition coefficient (Wildman–Crippen LogP) is 6.23. The highest BCUT2D eigenvalue weighted by atomic mass is 14.8. The van der Waals surface area contributed by atoms with Crippen molar-refractivity contribution in [3.05, 3.63) is 84.1 Å². The Bertz CT molecular complexity index is 950. The zero-order chi connectivity index (χ0) is 22.5. The van der Waals surface area contributed by atoms with Crippen molar-refractivity contribution < 1.29 is 0 Å². The summed E-state index contributed by atoms with van der Waals surface area (Å²) in [5, 5.41) is 0. The first-order valence-corrected chi connectivity index (χ1v) is 11.2. The Labute approximate surface area is 187 Å². The van der Waals surface area contributed by atoms with Crippen LogP contribution in [0.3, 0.4) is 0 Å². The molecule has 1 unspecified atom stereocenters. The molecule has 4 heteroatoms. The SMILES string of the molecule is CC(C)(CCC(C)(CCC(C)(C)c1ccc(N)nc1)c1ccncc1)c1cccnc1. The molecule has 3 aromatic heterocycles. The summed E-state index contributed by atoms with van der Waals surface area (Å²) < 4.78 is 0. The Morgan fingerprint density at radius 3 is 1.77 bits per heavy atom. The van der Waals surface area contributed by atoms with Crippen LogP contribution in [0.4, 0.5) is 5.82 Å². The molecule has 31 heavy (non-hydrogen) atoms. The van der Waals surface area contributed by atoms with Crippen molar-refractivity contribution in [3.8, 4) is 0 Å². The topological polar surface area (TPSA) is 64.7 Å². The van der Waals surface area contributed by atoms with E-state index in [1.54, 1.807) is 0 Å². The monoisotopic (exact) mass is 416 g/mol. The van der Waals surface area contributed by atoms with Crippen LogP contribution in [0.2, 0.25) is 0 Å². The molecule has 0 aliphatic rings. The number of nitrogens with two attached hydrogens (primary N) is 1. The maximum atomic E-state index is 5.80. The minimum Gasteiger partial charge on any atom is -0.384 e. The van der Waals surface area contributed by atoms with Gasteiger partial charge in [-0.2, -0.15) is 0 Å². The van der Waals surface area contributed by atoms with E-state index >= 15 is 0 Å². The molecule has 0 saturated carbocycles. The van der Waals surface area contributed by atoms with Crippen LogP contribution in [-0.4, -0.2) is 15.0 Å². The molecule has 0 aromatic carbocycles. The molecule has 3 heterocycles. The smallest absolute Gasteiger partial charge is 0.123 e. The largest absolute Gasteiger partial charge is 0.384 e. The van der Waals surface area contributed by atoms with Gasteiger partial charge in [-0.05, 0) is 82.9 Å². The van der Waals surface area contributed by atoms with E-state index in [0.29, 0.717) is 5.82 Å². The maximum Gasteiger partial charge on any atom is 0.123 e. The highest BCUT2D eigenvalue weighted by molar-refractivity contribution is 5.32. The van der Waals surface area contributed by atoms with Crippen LogP contribution in [0.15, 0.2) is 67.4 Å². The lowest BCUT2D eigenvalue weighted by atomic mass is 9.67. The zero-order valence-corrected chi connectivity index (χ0v) is 19.6. The van der Waals surface area contributed by atoms with Crippen LogP contribution < -0.4 is 5.73 Å². The maximum absolute atomic E-state index is 5.80. The molecule has 0 aliphatic heterocycles. The van der Waals surface area contributed by atoms with Gasteiger partial charge in [0.25, 0.3) is 0 Å². The Morgan fingerprint density at radius 1 is 0.645 bits per heavy atom. The molecule has 0 fully saturated rings. The van der Waals surface area contributed by atoms with Gasteiger partial charge in [0, 0.05) is 31.0 Å². The number of hydrogen-bond donors (Lipinski definition) is 1. The van der Waals surface area contributed by atoms with E-state index in [1.165, 1.54) is 16.7 Å². The number of hydrogen-bond acceptors (Lipinski definition) is 4. The minimum absolute atomic E-state index is 0.0217. The van der Waals surface area contributed by atoms with Gasteiger partial charge in [-0.1, -0.05) is 46.8 Å². The van der Waals surface area contributed by atoms with Gasteiger partial charge in [0.2, 0.25) is 0 Å². The quantitative estimate of drug-likeness (QED) is 0.449. The predicted molar refractivity (Wildman–Crippen MR) is 129 cm³/mol. The molecule has 0 bridgehead atoms. The molecule has 164 valence electrons. The summed E-state index contributed by atoms with van der Waals surface area (Å²) in [4.78, 5) is 12.9. The third-order valence-corrected chi connectivity index (χ3v) is 6.99. The number of anilines is 1. The van der Waals surface area contributed by atoms with Crippen molar-refractivity contribution in [2.75, 3.05) is 5.73 Å². The normalized spacial score (nSPS) is 14.2. The first kappa shape index (κ1) is 22.9. The fraction of sp³-hybridized carbons (Fsp3) is 0.444. The van der Waals surface area contributed by atoms with Crippen molar-refractivity contribution in [1.29, 1.82) is 0 Å². The summed E-state index contributed by atoms with van der Waals surface area (Å²) >= 11 is 0. The lowest BCUT2D eigenvalue weighted by Crippen LogP contribution is -2.30. The summed E-state index contributed by atoms with van der Waals surface area (Å²) in [6.07, 6.45) is 13.9. The second kappa shape index (κ2) is 9.17. The van der Waals surface area contributed by atoms with E-state index in [2.05, 4.69) is 73.8 Å². The van der Waals surface area contributed by atoms with Crippen molar-refractivity contribution in [2.45, 2.75) is 76.5 Å². The second-order valence-electron chi connectivity index (χ2n) is 10.3. The van der Waals surface area contributed by atoms with Gasteiger partial charge in [0.15, 0.2) is 0 Å². The number of pyridine rings is 3. The van der Waals surface area contributed by atoms with E-state index in [0.717, 1.165) is 25.7 Å². The molecule has 0 radical (unpaired) electrons. The van der Waals surface area contributed by atoms with Crippen LogP contribution in [0, 0.1) is 0 Å². The van der Waals surface area contributed by atoms with Crippen LogP contribution in [0.1, 0.15) is 77.0 Å². The van der Waals surface area contributed by atoms with Crippen molar-refractivity contribution in [3.63, 3.8) is 0 Å². The van der Waals surface area contributed by atoms with Gasteiger partial charge >= 0.3 is 0 Å². The van der Waals surface area contributed by atoms with Gasteiger partial charge in [-0.3, -0.25) is 9.97 Å². The van der Waals surface area contributed by atoms with E-state index in [4.69, 9.17) is 5.73 Å².